The number of rotatable bonds is 7. The summed E-state index contributed by atoms with van der Waals surface area (Å²) in [6.07, 6.45) is 3.85. The van der Waals surface area contributed by atoms with Gasteiger partial charge in [0.1, 0.15) is 5.82 Å². The molecule has 8 nitrogen and oxygen atoms in total. The predicted molar refractivity (Wildman–Crippen MR) is 135 cm³/mol. The predicted octanol–water partition coefficient (Wildman–Crippen LogP) is 4.78. The van der Waals surface area contributed by atoms with E-state index in [0.29, 0.717) is 18.4 Å². The van der Waals surface area contributed by atoms with Gasteiger partial charge in [0, 0.05) is 23.7 Å². The highest BCUT2D eigenvalue weighted by Gasteiger charge is 2.28. The standard InChI is InChI=1S/C26H32N4O4S/c1-16(2)35(31,32)27-14-18-7-9-19(10-8-18)26-29-24(20-11-12-22-23(13-20)34-15-33-22)25(30-26)21-6-4-5-17(3)28-21/h4-6,11-13,16,18-19,27H,7-10,14-15H2,1-3H3,(H,29,30). The Morgan fingerprint density at radius 3 is 2.57 bits per heavy atom. The molecular weight excluding hydrogens is 464 g/mol. The van der Waals surface area contributed by atoms with Crippen LogP contribution in [0.4, 0.5) is 0 Å². The number of fused-ring (bicyclic) bond motifs is 1. The Kier molecular flexibility index (Phi) is 6.55. The Balaban J connectivity index is 1.38. The smallest absolute Gasteiger partial charge is 0.231 e. The largest absolute Gasteiger partial charge is 0.454 e. The Bertz CT molecular complexity index is 1310. The number of sulfonamides is 1. The number of H-pyrrole nitrogens is 1. The molecule has 0 atom stereocenters. The van der Waals surface area contributed by atoms with Crippen LogP contribution in [0.25, 0.3) is 22.6 Å². The minimum absolute atomic E-state index is 0.230. The zero-order chi connectivity index (χ0) is 24.6. The number of pyridine rings is 1. The zero-order valence-electron chi connectivity index (χ0n) is 20.4. The lowest BCUT2D eigenvalue weighted by atomic mass is 9.82. The van der Waals surface area contributed by atoms with Crippen molar-refractivity contribution in [2.75, 3.05) is 13.3 Å². The van der Waals surface area contributed by atoms with Crippen LogP contribution in [-0.4, -0.2) is 42.0 Å². The van der Waals surface area contributed by atoms with Crippen molar-refractivity contribution in [2.45, 2.75) is 57.6 Å². The second-order valence-corrected chi connectivity index (χ2v) is 12.1. The minimum Gasteiger partial charge on any atom is -0.454 e. The topological polar surface area (TPSA) is 106 Å². The molecule has 35 heavy (non-hydrogen) atoms. The Labute approximate surface area is 206 Å². The molecule has 186 valence electrons. The fraction of sp³-hybridized carbons (Fsp3) is 0.462. The number of benzene rings is 1. The Morgan fingerprint density at radius 2 is 1.83 bits per heavy atom. The van der Waals surface area contributed by atoms with Gasteiger partial charge in [-0.25, -0.2) is 18.1 Å². The van der Waals surface area contributed by atoms with E-state index in [9.17, 15) is 8.42 Å². The molecule has 0 saturated heterocycles. The summed E-state index contributed by atoms with van der Waals surface area (Å²) in [4.78, 5) is 13.4. The van der Waals surface area contributed by atoms with Crippen LogP contribution in [0.5, 0.6) is 11.5 Å². The van der Waals surface area contributed by atoms with Crippen molar-refractivity contribution in [2.24, 2.45) is 5.92 Å². The molecule has 1 saturated carbocycles. The maximum atomic E-state index is 12.1. The van der Waals surface area contributed by atoms with Gasteiger partial charge in [0.2, 0.25) is 16.8 Å². The number of ether oxygens (including phenoxy) is 2. The molecule has 0 radical (unpaired) electrons. The average molecular weight is 497 g/mol. The van der Waals surface area contributed by atoms with Crippen molar-refractivity contribution in [1.29, 1.82) is 0 Å². The third kappa shape index (κ3) is 5.06. The Morgan fingerprint density at radius 1 is 1.06 bits per heavy atom. The van der Waals surface area contributed by atoms with Crippen molar-refractivity contribution >= 4 is 10.0 Å². The summed E-state index contributed by atoms with van der Waals surface area (Å²) in [6, 6.07) is 11.9. The van der Waals surface area contributed by atoms with E-state index in [2.05, 4.69) is 9.71 Å². The zero-order valence-corrected chi connectivity index (χ0v) is 21.2. The number of aryl methyl sites for hydroxylation is 1. The van der Waals surface area contributed by atoms with E-state index in [1.165, 1.54) is 0 Å². The van der Waals surface area contributed by atoms with Crippen molar-refractivity contribution in [3.63, 3.8) is 0 Å². The molecular formula is C26H32N4O4S. The van der Waals surface area contributed by atoms with Crippen LogP contribution in [0.1, 0.15) is 57.0 Å². The van der Waals surface area contributed by atoms with Gasteiger partial charge in [-0.3, -0.25) is 4.98 Å². The van der Waals surface area contributed by atoms with E-state index in [1.807, 2.05) is 43.3 Å². The lowest BCUT2D eigenvalue weighted by molar-refractivity contribution is 0.174. The fourth-order valence-corrected chi connectivity index (χ4v) is 5.55. The maximum absolute atomic E-state index is 12.1. The first-order valence-electron chi connectivity index (χ1n) is 12.2. The van der Waals surface area contributed by atoms with Crippen LogP contribution in [0.3, 0.4) is 0 Å². The van der Waals surface area contributed by atoms with Crippen LogP contribution >= 0.6 is 0 Å². The molecule has 2 aliphatic rings. The molecule has 2 N–H and O–H groups in total. The molecule has 2 aromatic heterocycles. The summed E-state index contributed by atoms with van der Waals surface area (Å²) < 4.78 is 38.1. The summed E-state index contributed by atoms with van der Waals surface area (Å²) in [5.41, 5.74) is 4.50. The summed E-state index contributed by atoms with van der Waals surface area (Å²) in [5.74, 6) is 3.06. The number of aromatic nitrogens is 3. The van der Waals surface area contributed by atoms with Crippen molar-refractivity contribution in [3.8, 4) is 34.1 Å². The van der Waals surface area contributed by atoms with Crippen LogP contribution in [0, 0.1) is 12.8 Å². The minimum atomic E-state index is -3.23. The van der Waals surface area contributed by atoms with E-state index < -0.39 is 15.3 Å². The van der Waals surface area contributed by atoms with Crippen LogP contribution in [-0.2, 0) is 10.0 Å². The molecule has 3 aromatic rings. The lowest BCUT2D eigenvalue weighted by Crippen LogP contribution is -2.35. The molecule has 1 aliphatic heterocycles. The monoisotopic (exact) mass is 496 g/mol. The van der Waals surface area contributed by atoms with Gasteiger partial charge in [-0.1, -0.05) is 6.07 Å². The van der Waals surface area contributed by atoms with Gasteiger partial charge < -0.3 is 14.5 Å². The number of aromatic amines is 1. The number of nitrogens with one attached hydrogen (secondary N) is 2. The van der Waals surface area contributed by atoms with Gasteiger partial charge in [-0.2, -0.15) is 0 Å². The highest BCUT2D eigenvalue weighted by molar-refractivity contribution is 7.90. The summed E-state index contributed by atoms with van der Waals surface area (Å²) in [7, 11) is -3.23. The summed E-state index contributed by atoms with van der Waals surface area (Å²) >= 11 is 0. The van der Waals surface area contributed by atoms with E-state index in [4.69, 9.17) is 19.4 Å². The van der Waals surface area contributed by atoms with Crippen molar-refractivity contribution in [1.82, 2.24) is 19.7 Å². The molecule has 1 aromatic carbocycles. The van der Waals surface area contributed by atoms with Gasteiger partial charge in [-0.15, -0.1) is 0 Å². The van der Waals surface area contributed by atoms with Gasteiger partial charge in [0.15, 0.2) is 11.5 Å². The number of hydrogen-bond acceptors (Lipinski definition) is 6. The Hall–Kier alpha value is -2.91. The molecule has 0 unspecified atom stereocenters. The van der Waals surface area contributed by atoms with Gasteiger partial charge in [0.25, 0.3) is 0 Å². The van der Waals surface area contributed by atoms with E-state index >= 15 is 0 Å². The molecule has 9 heteroatoms. The first kappa shape index (κ1) is 23.8. The normalized spacial score (nSPS) is 19.9. The molecule has 0 spiro atoms. The van der Waals surface area contributed by atoms with Gasteiger partial charge >= 0.3 is 0 Å². The highest BCUT2D eigenvalue weighted by Crippen LogP contribution is 2.41. The van der Waals surface area contributed by atoms with E-state index in [-0.39, 0.29) is 6.79 Å². The molecule has 1 aliphatic carbocycles. The molecule has 5 rings (SSSR count). The molecule has 0 bridgehead atoms. The molecule has 3 heterocycles. The van der Waals surface area contributed by atoms with E-state index in [1.54, 1.807) is 13.8 Å². The van der Waals surface area contributed by atoms with Crippen LogP contribution in [0.2, 0.25) is 0 Å². The maximum Gasteiger partial charge on any atom is 0.231 e. The fourth-order valence-electron chi connectivity index (χ4n) is 4.75. The quantitative estimate of drug-likeness (QED) is 0.488. The second-order valence-electron chi connectivity index (χ2n) is 9.74. The second kappa shape index (κ2) is 9.62. The van der Waals surface area contributed by atoms with E-state index in [0.717, 1.165) is 71.3 Å². The average Bonchev–Trinajstić information content (AvgIpc) is 3.50. The third-order valence-corrected chi connectivity index (χ3v) is 8.75. The summed E-state index contributed by atoms with van der Waals surface area (Å²) in [5, 5.41) is -0.412. The number of nitrogens with zero attached hydrogens (tertiary/aromatic N) is 2. The number of hydrogen-bond donors (Lipinski definition) is 2. The van der Waals surface area contributed by atoms with Gasteiger partial charge in [-0.05, 0) is 82.7 Å². The van der Waals surface area contributed by atoms with Gasteiger partial charge in [0.05, 0.1) is 22.3 Å². The third-order valence-electron chi connectivity index (χ3n) is 6.94. The molecule has 1 fully saturated rings. The van der Waals surface area contributed by atoms with Crippen molar-refractivity contribution < 1.29 is 17.9 Å². The number of imidazole rings is 1. The highest BCUT2D eigenvalue weighted by atomic mass is 32.2. The first-order valence-corrected chi connectivity index (χ1v) is 13.8. The van der Waals surface area contributed by atoms with Crippen LogP contribution in [0.15, 0.2) is 36.4 Å². The first-order chi connectivity index (χ1) is 16.8. The van der Waals surface area contributed by atoms with Crippen LogP contribution < -0.4 is 14.2 Å². The summed E-state index contributed by atoms with van der Waals surface area (Å²) in [6.45, 7) is 6.12. The molecule has 0 amide bonds. The lowest BCUT2D eigenvalue weighted by Gasteiger charge is -2.27. The van der Waals surface area contributed by atoms with Crippen molar-refractivity contribution in [3.05, 3.63) is 47.9 Å². The SMILES string of the molecule is Cc1cccc(-c2[nH]c(C3CCC(CNS(=O)(=O)C(C)C)CC3)nc2-c2ccc3c(c2)OCO3)n1.